The molecule has 0 bridgehead atoms. The molecular weight excluding hydrogens is 482 g/mol. The third-order valence-corrected chi connectivity index (χ3v) is 7.17. The molecule has 2 aromatic rings. The van der Waals surface area contributed by atoms with E-state index in [1.165, 1.54) is 0 Å². The SMILES string of the molecule is CCCOc1ccc(C(O)=C2C(=O)C(=O)N(CCCN3CCOCC3)[C@@H]2c2ccc(N(C)C)cc2)c(C)c1. The topological polar surface area (TPSA) is 82.5 Å². The van der Waals surface area contributed by atoms with Gasteiger partial charge in [-0.25, -0.2) is 0 Å². The lowest BCUT2D eigenvalue weighted by Gasteiger charge is -2.29. The van der Waals surface area contributed by atoms with Crippen molar-refractivity contribution in [2.45, 2.75) is 32.7 Å². The second kappa shape index (κ2) is 12.5. The number of hydrogen-bond acceptors (Lipinski definition) is 7. The monoisotopic (exact) mass is 521 g/mol. The van der Waals surface area contributed by atoms with E-state index in [9.17, 15) is 14.7 Å². The largest absolute Gasteiger partial charge is 0.507 e. The molecule has 1 atom stereocenters. The number of likely N-dealkylation sites (tertiary alicyclic amines) is 1. The first-order chi connectivity index (χ1) is 18.3. The maximum Gasteiger partial charge on any atom is 0.295 e. The van der Waals surface area contributed by atoms with Gasteiger partial charge in [0.15, 0.2) is 0 Å². The van der Waals surface area contributed by atoms with Crippen LogP contribution in [0.2, 0.25) is 0 Å². The van der Waals surface area contributed by atoms with Gasteiger partial charge in [0.2, 0.25) is 0 Å². The van der Waals surface area contributed by atoms with E-state index in [1.807, 2.05) is 63.2 Å². The number of carbonyl (C=O) groups excluding carboxylic acids is 2. The van der Waals surface area contributed by atoms with E-state index < -0.39 is 17.7 Å². The summed E-state index contributed by atoms with van der Waals surface area (Å²) in [7, 11) is 3.92. The standard InChI is InChI=1S/C30H39N3O5/c1-5-17-38-24-11-12-25(21(2)20-24)28(34)26-27(22-7-9-23(10-8-22)31(3)4)33(30(36)29(26)35)14-6-13-32-15-18-37-19-16-32/h7-12,20,27,34H,5-6,13-19H2,1-4H3/t27-/m1/s1. The molecule has 204 valence electrons. The number of aliphatic hydroxyl groups excluding tert-OH is 1. The number of ether oxygens (including phenoxy) is 2. The van der Waals surface area contributed by atoms with Gasteiger partial charge in [0.1, 0.15) is 11.5 Å². The van der Waals surface area contributed by atoms with Gasteiger partial charge in [-0.2, -0.15) is 0 Å². The molecule has 2 aliphatic rings. The van der Waals surface area contributed by atoms with Gasteiger partial charge in [0.25, 0.3) is 11.7 Å². The number of nitrogens with zero attached hydrogens (tertiary/aromatic N) is 3. The average Bonchev–Trinajstić information content (AvgIpc) is 3.17. The minimum atomic E-state index is -0.661. The van der Waals surface area contributed by atoms with Crippen molar-refractivity contribution in [1.82, 2.24) is 9.80 Å². The first-order valence-electron chi connectivity index (χ1n) is 13.4. The van der Waals surface area contributed by atoms with E-state index >= 15 is 0 Å². The highest BCUT2D eigenvalue weighted by Gasteiger charge is 2.46. The van der Waals surface area contributed by atoms with Crippen molar-refractivity contribution in [2.24, 2.45) is 0 Å². The Labute approximate surface area is 225 Å². The summed E-state index contributed by atoms with van der Waals surface area (Å²) < 4.78 is 11.2. The molecule has 4 rings (SSSR count). The van der Waals surface area contributed by atoms with E-state index in [0.717, 1.165) is 49.3 Å². The fourth-order valence-corrected chi connectivity index (χ4v) is 5.06. The number of benzene rings is 2. The van der Waals surface area contributed by atoms with Crippen LogP contribution < -0.4 is 9.64 Å². The zero-order chi connectivity index (χ0) is 27.2. The molecule has 0 radical (unpaired) electrons. The summed E-state index contributed by atoms with van der Waals surface area (Å²) in [6.07, 6.45) is 1.62. The van der Waals surface area contributed by atoms with E-state index in [0.29, 0.717) is 37.7 Å². The Bertz CT molecular complexity index is 1170. The molecule has 2 heterocycles. The average molecular weight is 522 g/mol. The Kier molecular flexibility index (Phi) is 9.07. The minimum Gasteiger partial charge on any atom is -0.507 e. The van der Waals surface area contributed by atoms with Gasteiger partial charge in [-0.1, -0.05) is 19.1 Å². The smallest absolute Gasteiger partial charge is 0.295 e. The molecule has 0 spiro atoms. The van der Waals surface area contributed by atoms with Gasteiger partial charge in [0.05, 0.1) is 31.4 Å². The molecule has 8 nitrogen and oxygen atoms in total. The van der Waals surface area contributed by atoms with Crippen LogP contribution in [-0.4, -0.2) is 86.7 Å². The predicted octanol–water partition coefficient (Wildman–Crippen LogP) is 3.99. The van der Waals surface area contributed by atoms with E-state index in [1.54, 1.807) is 17.0 Å². The van der Waals surface area contributed by atoms with E-state index in [4.69, 9.17) is 9.47 Å². The quantitative estimate of drug-likeness (QED) is 0.288. The Balaban J connectivity index is 1.68. The molecule has 2 fully saturated rings. The molecule has 2 saturated heterocycles. The second-order valence-electron chi connectivity index (χ2n) is 10.1. The van der Waals surface area contributed by atoms with Gasteiger partial charge in [-0.05, 0) is 61.2 Å². The molecule has 38 heavy (non-hydrogen) atoms. The fraction of sp³-hybridized carbons (Fsp3) is 0.467. The normalized spacial score (nSPS) is 19.7. The highest BCUT2D eigenvalue weighted by molar-refractivity contribution is 6.46. The van der Waals surface area contributed by atoms with Crippen molar-refractivity contribution >= 4 is 23.1 Å². The Morgan fingerprint density at radius 3 is 2.42 bits per heavy atom. The van der Waals surface area contributed by atoms with Crippen LogP contribution in [0.4, 0.5) is 5.69 Å². The number of hydrogen-bond donors (Lipinski definition) is 1. The molecule has 2 aliphatic heterocycles. The molecule has 8 heteroatoms. The van der Waals surface area contributed by atoms with Crippen molar-refractivity contribution in [2.75, 3.05) is 65.0 Å². The van der Waals surface area contributed by atoms with Crippen molar-refractivity contribution in [3.63, 3.8) is 0 Å². The number of Topliss-reactive ketones (excluding diaryl/α,β-unsaturated/α-hetero) is 1. The summed E-state index contributed by atoms with van der Waals surface area (Å²) in [4.78, 5) is 32.6. The van der Waals surface area contributed by atoms with E-state index in [2.05, 4.69) is 4.90 Å². The third-order valence-electron chi connectivity index (χ3n) is 7.17. The molecule has 1 amide bonds. The number of aryl methyl sites for hydroxylation is 1. The van der Waals surface area contributed by atoms with Crippen LogP contribution >= 0.6 is 0 Å². The summed E-state index contributed by atoms with van der Waals surface area (Å²) in [5.74, 6) is -0.669. The van der Waals surface area contributed by atoms with Crippen molar-refractivity contribution in [1.29, 1.82) is 0 Å². The fourth-order valence-electron chi connectivity index (χ4n) is 5.06. The van der Waals surface area contributed by atoms with Gasteiger partial charge in [-0.3, -0.25) is 14.5 Å². The summed E-state index contributed by atoms with van der Waals surface area (Å²) >= 11 is 0. The van der Waals surface area contributed by atoms with Crippen LogP contribution in [0.3, 0.4) is 0 Å². The van der Waals surface area contributed by atoms with Crippen molar-refractivity contribution in [3.8, 4) is 5.75 Å². The van der Waals surface area contributed by atoms with Crippen LogP contribution in [-0.2, 0) is 14.3 Å². The van der Waals surface area contributed by atoms with Gasteiger partial charge in [-0.15, -0.1) is 0 Å². The number of morpholine rings is 1. The summed E-state index contributed by atoms with van der Waals surface area (Å²) in [5.41, 5.74) is 3.23. The Hall–Kier alpha value is -3.36. The lowest BCUT2D eigenvalue weighted by Crippen LogP contribution is -2.38. The summed E-state index contributed by atoms with van der Waals surface area (Å²) in [6, 6.07) is 12.5. The number of rotatable bonds is 10. The summed E-state index contributed by atoms with van der Waals surface area (Å²) in [5, 5.41) is 11.5. The third kappa shape index (κ3) is 6.03. The minimum absolute atomic E-state index is 0.129. The van der Waals surface area contributed by atoms with Gasteiger partial charge in [0, 0.05) is 51.5 Å². The number of carbonyl (C=O) groups is 2. The number of amides is 1. The molecule has 2 aromatic carbocycles. The Morgan fingerprint density at radius 1 is 1.08 bits per heavy atom. The molecular formula is C30H39N3O5. The number of aliphatic hydroxyl groups is 1. The lowest BCUT2D eigenvalue weighted by atomic mass is 9.93. The summed E-state index contributed by atoms with van der Waals surface area (Å²) in [6.45, 7) is 8.90. The maximum atomic E-state index is 13.4. The molecule has 0 aromatic heterocycles. The van der Waals surface area contributed by atoms with Crippen LogP contribution in [0.5, 0.6) is 5.75 Å². The van der Waals surface area contributed by atoms with Gasteiger partial charge < -0.3 is 24.4 Å². The first-order valence-corrected chi connectivity index (χ1v) is 13.4. The number of ketones is 1. The Morgan fingerprint density at radius 2 is 1.79 bits per heavy atom. The second-order valence-corrected chi connectivity index (χ2v) is 10.1. The van der Waals surface area contributed by atoms with Crippen LogP contribution in [0.1, 0.15) is 42.5 Å². The molecule has 0 unspecified atom stereocenters. The van der Waals surface area contributed by atoms with Crippen molar-refractivity contribution in [3.05, 3.63) is 64.7 Å². The lowest BCUT2D eigenvalue weighted by molar-refractivity contribution is -0.140. The molecule has 0 saturated carbocycles. The zero-order valence-corrected chi connectivity index (χ0v) is 22.9. The number of anilines is 1. The van der Waals surface area contributed by atoms with E-state index in [-0.39, 0.29) is 11.3 Å². The van der Waals surface area contributed by atoms with Crippen molar-refractivity contribution < 1.29 is 24.2 Å². The molecule has 0 aliphatic carbocycles. The first kappa shape index (κ1) is 27.7. The van der Waals surface area contributed by atoms with Gasteiger partial charge >= 0.3 is 0 Å². The van der Waals surface area contributed by atoms with Crippen LogP contribution in [0.25, 0.3) is 5.76 Å². The maximum absolute atomic E-state index is 13.4. The highest BCUT2D eigenvalue weighted by atomic mass is 16.5. The predicted molar refractivity (Wildman–Crippen MR) is 149 cm³/mol. The van der Waals surface area contributed by atoms with Crippen LogP contribution in [0, 0.1) is 6.92 Å². The molecule has 1 N–H and O–H groups in total. The van der Waals surface area contributed by atoms with Crippen LogP contribution in [0.15, 0.2) is 48.0 Å². The highest BCUT2D eigenvalue weighted by Crippen LogP contribution is 2.40. The zero-order valence-electron chi connectivity index (χ0n) is 22.9.